The van der Waals surface area contributed by atoms with Crippen LogP contribution in [-0.4, -0.2) is 27.0 Å². The summed E-state index contributed by atoms with van der Waals surface area (Å²) in [5.74, 6) is -5.65. The number of nitrogens with one attached hydrogen (secondary N) is 1. The minimum absolute atomic E-state index is 0.270. The van der Waals surface area contributed by atoms with E-state index in [1.54, 1.807) is 0 Å². The number of hydrogen-bond donors (Lipinski definition) is 1. The van der Waals surface area contributed by atoms with Crippen LogP contribution in [0.4, 0.5) is 40.8 Å². The van der Waals surface area contributed by atoms with Crippen molar-refractivity contribution in [1.29, 1.82) is 0 Å². The first-order valence-electron chi connectivity index (χ1n) is 9.52. The van der Waals surface area contributed by atoms with Gasteiger partial charge in [0, 0.05) is 0 Å². The molecule has 2 heterocycles. The number of aromatic nitrogens is 3. The molecule has 0 atom stereocenters. The van der Waals surface area contributed by atoms with E-state index < -0.39 is 63.9 Å². The molecule has 0 saturated carbocycles. The number of alkyl halides is 6. The summed E-state index contributed by atoms with van der Waals surface area (Å²) in [5.41, 5.74) is -5.46. The summed E-state index contributed by atoms with van der Waals surface area (Å²) in [4.78, 5) is 11.7. The Bertz CT molecular complexity index is 1440. The van der Waals surface area contributed by atoms with Gasteiger partial charge < -0.3 is 9.84 Å². The molecule has 2 aromatic carbocycles. The highest BCUT2D eigenvalue weighted by atomic mass is 35.5. The van der Waals surface area contributed by atoms with Crippen LogP contribution in [0.15, 0.2) is 53.2 Å². The second-order valence-electron chi connectivity index (χ2n) is 7.08. The molecule has 0 radical (unpaired) electrons. The summed E-state index contributed by atoms with van der Waals surface area (Å²) in [5, 5.41) is 7.95. The number of benzene rings is 2. The van der Waals surface area contributed by atoms with Gasteiger partial charge >= 0.3 is 18.3 Å². The molecule has 0 spiro atoms. The number of halogens is 9. The van der Waals surface area contributed by atoms with E-state index in [-0.39, 0.29) is 15.4 Å². The second-order valence-corrected chi connectivity index (χ2v) is 7.49. The normalized spacial score (nSPS) is 12.1. The molecule has 4 aromatic rings. The first-order chi connectivity index (χ1) is 16.8. The largest absolute Gasteiger partial charge is 0.471 e. The quantitative estimate of drug-likeness (QED) is 0.297. The lowest BCUT2D eigenvalue weighted by Crippen LogP contribution is -2.30. The van der Waals surface area contributed by atoms with Gasteiger partial charge in [0.15, 0.2) is 11.5 Å². The molecule has 6 nitrogen and oxygen atoms in total. The van der Waals surface area contributed by atoms with Crippen molar-refractivity contribution in [3.63, 3.8) is 0 Å². The molecule has 2 aromatic heterocycles. The molecule has 1 amide bonds. The van der Waals surface area contributed by atoms with E-state index in [0.29, 0.717) is 6.20 Å². The minimum Gasteiger partial charge on any atom is -0.353 e. The van der Waals surface area contributed by atoms with Crippen molar-refractivity contribution in [2.45, 2.75) is 12.4 Å². The Labute approximate surface area is 200 Å². The van der Waals surface area contributed by atoms with E-state index in [1.165, 1.54) is 5.32 Å². The Morgan fingerprint density at radius 1 is 1.03 bits per heavy atom. The molecule has 0 aliphatic carbocycles. The van der Waals surface area contributed by atoms with Gasteiger partial charge in [0.1, 0.15) is 23.0 Å². The van der Waals surface area contributed by atoms with Crippen molar-refractivity contribution in [2.24, 2.45) is 0 Å². The average molecular weight is 537 g/mol. The fourth-order valence-corrected chi connectivity index (χ4v) is 3.51. The molecule has 1 N–H and O–H groups in total. The zero-order valence-corrected chi connectivity index (χ0v) is 17.9. The van der Waals surface area contributed by atoms with E-state index in [4.69, 9.17) is 16.1 Å². The van der Waals surface area contributed by atoms with Crippen LogP contribution in [0.2, 0.25) is 5.02 Å². The average Bonchev–Trinajstić information content (AvgIpc) is 3.37. The molecule has 188 valence electrons. The molecule has 0 aliphatic rings. The van der Waals surface area contributed by atoms with Crippen LogP contribution in [0.25, 0.3) is 28.3 Å². The lowest BCUT2D eigenvalue weighted by atomic mass is 10.1. The summed E-state index contributed by atoms with van der Waals surface area (Å²) >= 11 is 5.93. The highest BCUT2D eigenvalue weighted by Crippen LogP contribution is 2.45. The number of nitrogens with zero attached hydrogens (tertiary/aromatic N) is 3. The fraction of sp³-hybridized carbons (Fsp3) is 0.0952. The fourth-order valence-electron chi connectivity index (χ4n) is 3.26. The Morgan fingerprint density at radius 2 is 1.72 bits per heavy atom. The highest BCUT2D eigenvalue weighted by Gasteiger charge is 2.44. The number of rotatable bonds is 4. The van der Waals surface area contributed by atoms with Crippen LogP contribution in [0.3, 0.4) is 0 Å². The van der Waals surface area contributed by atoms with Crippen LogP contribution in [-0.2, 0) is 11.0 Å². The van der Waals surface area contributed by atoms with E-state index in [0.717, 1.165) is 42.5 Å². The van der Waals surface area contributed by atoms with Gasteiger partial charge in [0.25, 0.3) is 0 Å². The standard InChI is InChI=1S/C21H9ClF8N4O2/c22-12-5-2-6-13(24)14(12)15-16(32-19(35)21(28,29)30)17(36-33-15)11-8-31-34(18(11)20(25,26)27)10-4-1-3-9(23)7-10/h1-8H,(H,32,35). The van der Waals surface area contributed by atoms with Gasteiger partial charge in [-0.25, -0.2) is 13.5 Å². The van der Waals surface area contributed by atoms with Crippen molar-refractivity contribution in [3.8, 4) is 28.3 Å². The van der Waals surface area contributed by atoms with Crippen LogP contribution in [0, 0.1) is 11.6 Å². The molecule has 4 rings (SSSR count). The van der Waals surface area contributed by atoms with Crippen LogP contribution in [0.1, 0.15) is 5.69 Å². The summed E-state index contributed by atoms with van der Waals surface area (Å²) in [6, 6.07) is 7.03. The highest BCUT2D eigenvalue weighted by molar-refractivity contribution is 6.33. The number of anilines is 1. The Morgan fingerprint density at radius 3 is 2.33 bits per heavy atom. The van der Waals surface area contributed by atoms with Crippen molar-refractivity contribution in [1.82, 2.24) is 14.9 Å². The molecular weight excluding hydrogens is 528 g/mol. The topological polar surface area (TPSA) is 73.0 Å². The van der Waals surface area contributed by atoms with Gasteiger partial charge in [0.05, 0.1) is 28.0 Å². The van der Waals surface area contributed by atoms with Crippen molar-refractivity contribution < 1.29 is 44.4 Å². The Balaban J connectivity index is 1.99. The minimum atomic E-state index is -5.48. The first-order valence-corrected chi connectivity index (χ1v) is 9.90. The van der Waals surface area contributed by atoms with E-state index in [9.17, 15) is 39.9 Å². The van der Waals surface area contributed by atoms with Gasteiger partial charge in [-0.3, -0.25) is 4.79 Å². The number of carbonyl (C=O) groups excluding carboxylic acids is 1. The van der Waals surface area contributed by atoms with Crippen LogP contribution < -0.4 is 5.32 Å². The zero-order valence-electron chi connectivity index (χ0n) is 17.2. The van der Waals surface area contributed by atoms with Crippen molar-refractivity contribution in [3.05, 3.63) is 71.0 Å². The number of carbonyl (C=O) groups is 1. The molecule has 0 fully saturated rings. The maximum atomic E-state index is 14.5. The van der Waals surface area contributed by atoms with Gasteiger partial charge in [-0.15, -0.1) is 0 Å². The maximum absolute atomic E-state index is 14.5. The van der Waals surface area contributed by atoms with Crippen LogP contribution in [0.5, 0.6) is 0 Å². The first kappa shape index (κ1) is 25.2. The molecule has 0 bridgehead atoms. The lowest BCUT2D eigenvalue weighted by Gasteiger charge is -2.13. The molecule has 0 aliphatic heterocycles. The van der Waals surface area contributed by atoms with Crippen molar-refractivity contribution >= 4 is 23.2 Å². The van der Waals surface area contributed by atoms with Gasteiger partial charge in [-0.05, 0) is 30.3 Å². The predicted molar refractivity (Wildman–Crippen MR) is 109 cm³/mol. The number of hydrogen-bond acceptors (Lipinski definition) is 4. The van der Waals surface area contributed by atoms with Crippen molar-refractivity contribution in [2.75, 3.05) is 5.32 Å². The summed E-state index contributed by atoms with van der Waals surface area (Å²) in [6.45, 7) is 0. The van der Waals surface area contributed by atoms with E-state index in [2.05, 4.69) is 10.3 Å². The van der Waals surface area contributed by atoms with Crippen LogP contribution >= 0.6 is 11.6 Å². The predicted octanol–water partition coefficient (Wildman–Crippen LogP) is 6.65. The maximum Gasteiger partial charge on any atom is 0.471 e. The molecule has 0 saturated heterocycles. The number of amides is 1. The van der Waals surface area contributed by atoms with Gasteiger partial charge in [0.2, 0.25) is 0 Å². The Kier molecular flexibility index (Phi) is 6.24. The van der Waals surface area contributed by atoms with E-state index >= 15 is 0 Å². The third kappa shape index (κ3) is 4.63. The SMILES string of the molecule is O=C(Nc1c(-c2c(F)cccc2Cl)noc1-c1cnn(-c2cccc(F)c2)c1C(F)(F)F)C(F)(F)F. The third-order valence-corrected chi connectivity index (χ3v) is 5.04. The van der Waals surface area contributed by atoms with Gasteiger partial charge in [-0.2, -0.15) is 31.4 Å². The third-order valence-electron chi connectivity index (χ3n) is 4.72. The summed E-state index contributed by atoms with van der Waals surface area (Å²) in [7, 11) is 0. The summed E-state index contributed by atoms with van der Waals surface area (Å²) in [6.07, 6.45) is -10.1. The molecule has 36 heavy (non-hydrogen) atoms. The monoisotopic (exact) mass is 536 g/mol. The van der Waals surface area contributed by atoms with E-state index in [1.807, 2.05) is 0 Å². The second kappa shape index (κ2) is 8.93. The zero-order chi connectivity index (χ0) is 26.4. The molecule has 0 unspecified atom stereocenters. The molecule has 15 heteroatoms. The Hall–Kier alpha value is -3.94. The summed E-state index contributed by atoms with van der Waals surface area (Å²) < 4.78 is 115. The van der Waals surface area contributed by atoms with Gasteiger partial charge in [-0.1, -0.05) is 28.9 Å². The smallest absolute Gasteiger partial charge is 0.353 e. The lowest BCUT2D eigenvalue weighted by molar-refractivity contribution is -0.167. The molecular formula is C21H9ClF8N4O2.